The Morgan fingerprint density at radius 3 is 2.25 bits per heavy atom. The van der Waals surface area contributed by atoms with Crippen molar-refractivity contribution in [2.45, 2.75) is 6.42 Å². The molecule has 1 aromatic heterocycles. The fraction of sp³-hybridized carbons (Fsp3) is 0.250. The lowest BCUT2D eigenvalue weighted by Gasteiger charge is -2.12. The Hall–Kier alpha value is -3.94. The molecule has 2 N–H and O–H groups in total. The van der Waals surface area contributed by atoms with E-state index in [-0.39, 0.29) is 18.9 Å². The summed E-state index contributed by atoms with van der Waals surface area (Å²) in [5.74, 6) is 0.386. The molecule has 0 aliphatic rings. The molecule has 8 nitrogen and oxygen atoms in total. The molecule has 8 heteroatoms. The Kier molecular flexibility index (Phi) is 7.04. The molecule has 0 spiro atoms. The number of carbonyl (C=O) groups excluding carboxylic acids is 1. The molecule has 0 aliphatic carbocycles. The first-order valence-corrected chi connectivity index (χ1v) is 9.95. The molecule has 3 rings (SSSR count). The molecular formula is C24H26N2O6. The Morgan fingerprint density at radius 1 is 1.00 bits per heavy atom. The zero-order chi connectivity index (χ0) is 23.3. The van der Waals surface area contributed by atoms with Gasteiger partial charge in [0, 0.05) is 30.7 Å². The number of aromatic nitrogens is 1. The first-order valence-electron chi connectivity index (χ1n) is 9.95. The lowest BCUT2D eigenvalue weighted by Crippen LogP contribution is -2.25. The van der Waals surface area contributed by atoms with Crippen LogP contribution >= 0.6 is 0 Å². The van der Waals surface area contributed by atoms with Crippen molar-refractivity contribution in [3.63, 3.8) is 0 Å². The van der Waals surface area contributed by atoms with Gasteiger partial charge in [-0.15, -0.1) is 0 Å². The second-order valence-electron chi connectivity index (χ2n) is 7.12. The number of carboxylic acid groups (broad SMARTS) is 1. The van der Waals surface area contributed by atoms with Crippen LogP contribution in [0.3, 0.4) is 0 Å². The minimum absolute atomic E-state index is 0.0747. The standard InChI is InChI=1S/C24H26N2O6/c1-26-14-18(24(29)25-10-9-22(27)28)17-11-15(7-8-19(17)26)5-6-16-12-20(30-2)23(32-4)21(13-16)31-3/h5-8,11-14H,9-10H2,1-4H3,(H,25,29)(H,27,28)/b6-5-. The van der Waals surface area contributed by atoms with Crippen LogP contribution in [0.2, 0.25) is 0 Å². The summed E-state index contributed by atoms with van der Waals surface area (Å²) in [4.78, 5) is 23.3. The van der Waals surface area contributed by atoms with E-state index in [0.717, 1.165) is 22.0 Å². The molecule has 168 valence electrons. The summed E-state index contributed by atoms with van der Waals surface area (Å²) in [5, 5.41) is 12.2. The van der Waals surface area contributed by atoms with Crippen LogP contribution < -0.4 is 19.5 Å². The third kappa shape index (κ3) is 4.85. The summed E-state index contributed by atoms with van der Waals surface area (Å²) in [5.41, 5.74) is 3.16. The predicted octanol–water partition coefficient (Wildman–Crippen LogP) is 3.58. The number of hydrogen-bond donors (Lipinski definition) is 2. The first-order chi connectivity index (χ1) is 15.4. The van der Waals surface area contributed by atoms with Gasteiger partial charge in [-0.05, 0) is 35.4 Å². The van der Waals surface area contributed by atoms with Gasteiger partial charge >= 0.3 is 5.97 Å². The third-order valence-corrected chi connectivity index (χ3v) is 5.04. The quantitative estimate of drug-likeness (QED) is 0.496. The van der Waals surface area contributed by atoms with Gasteiger partial charge in [-0.25, -0.2) is 0 Å². The second-order valence-corrected chi connectivity index (χ2v) is 7.12. The van der Waals surface area contributed by atoms with Gasteiger partial charge in [0.25, 0.3) is 5.91 Å². The van der Waals surface area contributed by atoms with Crippen molar-refractivity contribution >= 4 is 34.9 Å². The van der Waals surface area contributed by atoms with Crippen molar-refractivity contribution < 1.29 is 28.9 Å². The molecule has 0 fully saturated rings. The summed E-state index contributed by atoms with van der Waals surface area (Å²) >= 11 is 0. The number of methoxy groups -OCH3 is 3. The number of benzene rings is 2. The van der Waals surface area contributed by atoms with Gasteiger partial charge in [0.2, 0.25) is 5.75 Å². The van der Waals surface area contributed by atoms with Gasteiger partial charge in [-0.3, -0.25) is 9.59 Å². The van der Waals surface area contributed by atoms with Crippen LogP contribution in [0.25, 0.3) is 23.1 Å². The Morgan fingerprint density at radius 2 is 1.66 bits per heavy atom. The molecule has 0 bridgehead atoms. The number of amides is 1. The van der Waals surface area contributed by atoms with E-state index in [4.69, 9.17) is 19.3 Å². The Balaban J connectivity index is 1.91. The highest BCUT2D eigenvalue weighted by molar-refractivity contribution is 6.07. The lowest BCUT2D eigenvalue weighted by molar-refractivity contribution is -0.136. The van der Waals surface area contributed by atoms with Crippen LogP contribution in [0.4, 0.5) is 0 Å². The first kappa shape index (κ1) is 22.7. The molecule has 0 saturated heterocycles. The molecule has 1 amide bonds. The lowest BCUT2D eigenvalue weighted by atomic mass is 10.1. The van der Waals surface area contributed by atoms with Gasteiger partial charge in [-0.1, -0.05) is 18.2 Å². The van der Waals surface area contributed by atoms with Crippen molar-refractivity contribution in [1.82, 2.24) is 9.88 Å². The van der Waals surface area contributed by atoms with Gasteiger partial charge in [-0.2, -0.15) is 0 Å². The molecular weight excluding hydrogens is 412 g/mol. The second kappa shape index (κ2) is 9.91. The van der Waals surface area contributed by atoms with Crippen LogP contribution in [0, 0.1) is 0 Å². The smallest absolute Gasteiger partial charge is 0.305 e. The van der Waals surface area contributed by atoms with E-state index in [1.54, 1.807) is 27.5 Å². The average molecular weight is 438 g/mol. The minimum Gasteiger partial charge on any atom is -0.493 e. The van der Waals surface area contributed by atoms with Crippen LogP contribution in [-0.4, -0.2) is 49.4 Å². The van der Waals surface area contributed by atoms with Crippen molar-refractivity contribution in [2.24, 2.45) is 7.05 Å². The van der Waals surface area contributed by atoms with E-state index < -0.39 is 5.97 Å². The molecule has 0 saturated carbocycles. The minimum atomic E-state index is -0.956. The largest absolute Gasteiger partial charge is 0.493 e. The van der Waals surface area contributed by atoms with E-state index in [1.165, 1.54) is 0 Å². The van der Waals surface area contributed by atoms with Crippen LogP contribution in [0.1, 0.15) is 27.9 Å². The number of aryl methyl sites for hydroxylation is 1. The third-order valence-electron chi connectivity index (χ3n) is 5.04. The fourth-order valence-electron chi connectivity index (χ4n) is 3.46. The van der Waals surface area contributed by atoms with Crippen molar-refractivity contribution in [2.75, 3.05) is 27.9 Å². The predicted molar refractivity (Wildman–Crippen MR) is 123 cm³/mol. The van der Waals surface area contributed by atoms with Crippen LogP contribution in [-0.2, 0) is 11.8 Å². The van der Waals surface area contributed by atoms with Gasteiger partial charge < -0.3 is 29.2 Å². The zero-order valence-corrected chi connectivity index (χ0v) is 18.5. The topological polar surface area (TPSA) is 99.0 Å². The molecule has 0 aliphatic heterocycles. The number of fused-ring (bicyclic) bond motifs is 1. The summed E-state index contributed by atoms with van der Waals surface area (Å²) in [7, 11) is 6.55. The highest BCUT2D eigenvalue weighted by Crippen LogP contribution is 2.38. The SMILES string of the molecule is COc1cc(/C=C\c2ccc3c(c2)c(C(=O)NCCC(=O)O)cn3C)cc(OC)c1OC. The number of carboxylic acids is 1. The molecule has 0 radical (unpaired) electrons. The summed E-state index contributed by atoms with van der Waals surface area (Å²) < 4.78 is 18.0. The zero-order valence-electron chi connectivity index (χ0n) is 18.5. The molecule has 0 atom stereocenters. The van der Waals surface area contributed by atoms with E-state index in [9.17, 15) is 9.59 Å². The number of ether oxygens (including phenoxy) is 3. The summed E-state index contributed by atoms with van der Waals surface area (Å²) in [6.07, 6.45) is 5.47. The van der Waals surface area contributed by atoms with Crippen molar-refractivity contribution in [3.8, 4) is 17.2 Å². The van der Waals surface area contributed by atoms with Gasteiger partial charge in [0.15, 0.2) is 11.5 Å². The van der Waals surface area contributed by atoms with E-state index in [0.29, 0.717) is 22.8 Å². The van der Waals surface area contributed by atoms with Crippen molar-refractivity contribution in [1.29, 1.82) is 0 Å². The van der Waals surface area contributed by atoms with Crippen LogP contribution in [0.5, 0.6) is 17.2 Å². The number of rotatable bonds is 9. The van der Waals surface area contributed by atoms with E-state index in [1.807, 2.05) is 54.1 Å². The maximum Gasteiger partial charge on any atom is 0.305 e. The number of hydrogen-bond acceptors (Lipinski definition) is 5. The number of carbonyl (C=O) groups is 2. The Bertz CT molecular complexity index is 1150. The summed E-state index contributed by atoms with van der Waals surface area (Å²) in [6.45, 7) is 0.0747. The van der Waals surface area contributed by atoms with Gasteiger partial charge in [0.05, 0.1) is 33.3 Å². The number of nitrogens with zero attached hydrogens (tertiary/aromatic N) is 1. The highest BCUT2D eigenvalue weighted by Gasteiger charge is 2.15. The normalized spacial score (nSPS) is 11.0. The highest BCUT2D eigenvalue weighted by atomic mass is 16.5. The van der Waals surface area contributed by atoms with Gasteiger partial charge in [0.1, 0.15) is 0 Å². The Labute approximate surface area is 186 Å². The van der Waals surface area contributed by atoms with Crippen LogP contribution in [0.15, 0.2) is 36.5 Å². The maximum absolute atomic E-state index is 12.6. The number of aliphatic carboxylic acids is 1. The summed E-state index contributed by atoms with van der Waals surface area (Å²) in [6, 6.07) is 9.53. The van der Waals surface area contributed by atoms with E-state index in [2.05, 4.69) is 5.32 Å². The molecule has 2 aromatic carbocycles. The molecule has 3 aromatic rings. The number of nitrogens with one attached hydrogen (secondary N) is 1. The molecule has 1 heterocycles. The van der Waals surface area contributed by atoms with E-state index >= 15 is 0 Å². The maximum atomic E-state index is 12.6. The monoisotopic (exact) mass is 438 g/mol. The molecule has 32 heavy (non-hydrogen) atoms. The average Bonchev–Trinajstić information content (AvgIpc) is 3.12. The fourth-order valence-corrected chi connectivity index (χ4v) is 3.46. The van der Waals surface area contributed by atoms with Crippen molar-refractivity contribution in [3.05, 3.63) is 53.2 Å². The molecule has 0 unspecified atom stereocenters.